The van der Waals surface area contributed by atoms with E-state index >= 15 is 0 Å². The molecule has 1 rings (SSSR count). The van der Waals surface area contributed by atoms with Gasteiger partial charge in [0.05, 0.1) is 4.92 Å². The molecule has 0 amide bonds. The van der Waals surface area contributed by atoms with E-state index < -0.39 is 32.2 Å². The van der Waals surface area contributed by atoms with Crippen molar-refractivity contribution in [3.05, 3.63) is 39.9 Å². The fourth-order valence-electron chi connectivity index (χ4n) is 1.71. The first-order valence-electron chi connectivity index (χ1n) is 6.03. The zero-order valence-electron chi connectivity index (χ0n) is 11.8. The smallest absolute Gasteiger partial charge is 0.323 e. The first-order chi connectivity index (χ1) is 9.59. The minimum absolute atomic E-state index is 0.156. The summed E-state index contributed by atoms with van der Waals surface area (Å²) in [4.78, 5) is 21.0. The van der Waals surface area contributed by atoms with Gasteiger partial charge >= 0.3 is 5.97 Å². The fraction of sp³-hybridized carbons (Fsp3) is 0.417. The number of hydrogen-bond acceptors (Lipinski definition) is 5. The van der Waals surface area contributed by atoms with Gasteiger partial charge in [0, 0.05) is 25.2 Å². The summed E-state index contributed by atoms with van der Waals surface area (Å²) in [7, 11) is -2.81. The molecule has 0 aliphatic rings. The summed E-state index contributed by atoms with van der Waals surface area (Å²) in [6.07, 6.45) is 0. The molecule has 0 heterocycles. The highest BCUT2D eigenvalue weighted by Gasteiger charge is 2.34. The number of non-ortho nitro benzene ring substituents is 1. The van der Waals surface area contributed by atoms with Crippen LogP contribution in [0.5, 0.6) is 0 Å². The van der Waals surface area contributed by atoms with E-state index in [9.17, 15) is 23.3 Å². The van der Waals surface area contributed by atoms with Gasteiger partial charge in [-0.15, -0.1) is 0 Å². The lowest BCUT2D eigenvalue weighted by atomic mass is 10.1. The van der Waals surface area contributed by atoms with Crippen LogP contribution < -0.4 is 0 Å². The summed E-state index contributed by atoms with van der Waals surface area (Å²) in [6, 6.07) is 4.84. The number of nitro groups is 1. The van der Waals surface area contributed by atoms with Crippen LogP contribution in [0, 0.1) is 10.1 Å². The molecule has 9 heteroatoms. The van der Waals surface area contributed by atoms with Gasteiger partial charge in [0.25, 0.3) is 5.69 Å². The van der Waals surface area contributed by atoms with Crippen molar-refractivity contribution in [1.82, 2.24) is 4.31 Å². The second kappa shape index (κ2) is 6.19. The molecule has 0 fully saturated rings. The monoisotopic (exact) mass is 316 g/mol. The first kappa shape index (κ1) is 17.1. The average Bonchev–Trinajstić information content (AvgIpc) is 2.44. The maximum atomic E-state index is 12.1. The second-order valence-electron chi connectivity index (χ2n) is 4.57. The van der Waals surface area contributed by atoms with E-state index in [4.69, 9.17) is 5.11 Å². The van der Waals surface area contributed by atoms with Gasteiger partial charge in [-0.05, 0) is 19.4 Å². The highest BCUT2D eigenvalue weighted by molar-refractivity contribution is 7.90. The molecular weight excluding hydrogens is 300 g/mol. The molecule has 0 bridgehead atoms. The third-order valence-corrected chi connectivity index (χ3v) is 5.52. The Labute approximate surface area is 122 Å². The van der Waals surface area contributed by atoms with Crippen LogP contribution in [0.3, 0.4) is 0 Å². The van der Waals surface area contributed by atoms with Crippen molar-refractivity contribution in [2.24, 2.45) is 0 Å². The number of aliphatic carboxylic acids is 1. The Hall–Kier alpha value is -2.00. The summed E-state index contributed by atoms with van der Waals surface area (Å²) >= 11 is 0. The molecule has 21 heavy (non-hydrogen) atoms. The lowest BCUT2D eigenvalue weighted by molar-refractivity contribution is -0.384. The molecule has 0 spiro atoms. The number of carboxylic acid groups (broad SMARTS) is 1. The number of carboxylic acids is 1. The zero-order chi connectivity index (χ0) is 16.4. The Kier molecular flexibility index (Phi) is 5.02. The zero-order valence-corrected chi connectivity index (χ0v) is 12.6. The Balaban J connectivity index is 3.13. The van der Waals surface area contributed by atoms with E-state index in [1.54, 1.807) is 6.07 Å². The largest absolute Gasteiger partial charge is 0.480 e. The standard InChI is InChI=1S/C12H16N2O6S/c1-8(10-5-4-6-11(7-10)14(17)18)13(3)21(19,20)9(2)12(15)16/h4-9H,1-3H3,(H,15,16). The highest BCUT2D eigenvalue weighted by Crippen LogP contribution is 2.26. The lowest BCUT2D eigenvalue weighted by Crippen LogP contribution is -2.40. The van der Waals surface area contributed by atoms with Gasteiger partial charge in [-0.2, -0.15) is 4.31 Å². The van der Waals surface area contributed by atoms with Gasteiger partial charge in [-0.1, -0.05) is 12.1 Å². The topological polar surface area (TPSA) is 118 Å². The molecule has 8 nitrogen and oxygen atoms in total. The van der Waals surface area contributed by atoms with Crippen LogP contribution in [0.4, 0.5) is 5.69 Å². The number of nitrogens with zero attached hydrogens (tertiary/aromatic N) is 2. The number of benzene rings is 1. The van der Waals surface area contributed by atoms with Crippen molar-refractivity contribution in [2.45, 2.75) is 25.1 Å². The Morgan fingerprint density at radius 1 is 1.38 bits per heavy atom. The Morgan fingerprint density at radius 3 is 2.43 bits per heavy atom. The minimum Gasteiger partial charge on any atom is -0.480 e. The van der Waals surface area contributed by atoms with Crippen molar-refractivity contribution in [2.75, 3.05) is 7.05 Å². The van der Waals surface area contributed by atoms with Gasteiger partial charge in [0.2, 0.25) is 10.0 Å². The van der Waals surface area contributed by atoms with Crippen molar-refractivity contribution in [1.29, 1.82) is 0 Å². The van der Waals surface area contributed by atoms with Crippen molar-refractivity contribution >= 4 is 21.7 Å². The van der Waals surface area contributed by atoms with E-state index in [2.05, 4.69) is 0 Å². The quantitative estimate of drug-likeness (QED) is 0.626. The maximum absolute atomic E-state index is 12.1. The second-order valence-corrected chi connectivity index (χ2v) is 6.88. The highest BCUT2D eigenvalue weighted by atomic mass is 32.2. The number of nitro benzene ring substituents is 1. The van der Waals surface area contributed by atoms with Crippen LogP contribution >= 0.6 is 0 Å². The summed E-state index contributed by atoms with van der Waals surface area (Å²) in [5, 5.41) is 18.0. The van der Waals surface area contributed by atoms with Gasteiger partial charge in [0.1, 0.15) is 0 Å². The van der Waals surface area contributed by atoms with Crippen molar-refractivity contribution in [3.8, 4) is 0 Å². The first-order valence-corrected chi connectivity index (χ1v) is 7.53. The Morgan fingerprint density at radius 2 is 1.95 bits per heavy atom. The molecule has 0 saturated heterocycles. The minimum atomic E-state index is -4.05. The van der Waals surface area contributed by atoms with Crippen LogP contribution in [0.15, 0.2) is 24.3 Å². The molecule has 1 N–H and O–H groups in total. The summed E-state index contributed by atoms with van der Waals surface area (Å²) in [6.45, 7) is 2.61. The third-order valence-electron chi connectivity index (χ3n) is 3.30. The summed E-state index contributed by atoms with van der Waals surface area (Å²) < 4.78 is 25.1. The maximum Gasteiger partial charge on any atom is 0.323 e. The molecule has 0 saturated carbocycles. The molecule has 2 atom stereocenters. The van der Waals surface area contributed by atoms with E-state index in [1.807, 2.05) is 0 Å². The number of rotatable bonds is 6. The summed E-state index contributed by atoms with van der Waals surface area (Å²) in [5.74, 6) is -1.45. The average molecular weight is 316 g/mol. The molecule has 2 unspecified atom stereocenters. The van der Waals surface area contributed by atoms with Crippen LogP contribution in [0.25, 0.3) is 0 Å². The summed E-state index contributed by atoms with van der Waals surface area (Å²) in [5.41, 5.74) is 0.254. The van der Waals surface area contributed by atoms with E-state index in [-0.39, 0.29) is 5.69 Å². The van der Waals surface area contributed by atoms with E-state index in [0.717, 1.165) is 11.2 Å². The fourth-order valence-corrected chi connectivity index (χ4v) is 3.02. The molecule has 0 aliphatic carbocycles. The SMILES string of the molecule is CC(c1cccc([N+](=O)[O-])c1)N(C)S(=O)(=O)C(C)C(=O)O. The normalized spacial score (nSPS) is 14.7. The number of hydrogen-bond donors (Lipinski definition) is 1. The van der Waals surface area contributed by atoms with E-state index in [0.29, 0.717) is 5.56 Å². The predicted molar refractivity (Wildman–Crippen MR) is 75.3 cm³/mol. The number of carbonyl (C=O) groups is 1. The predicted octanol–water partition coefficient (Wildman–Crippen LogP) is 1.39. The van der Waals surface area contributed by atoms with Gasteiger partial charge in [-0.25, -0.2) is 8.42 Å². The molecule has 0 radical (unpaired) electrons. The van der Waals surface area contributed by atoms with Crippen molar-refractivity contribution < 1.29 is 23.2 Å². The Bertz CT molecular complexity index is 657. The van der Waals surface area contributed by atoms with Crippen molar-refractivity contribution in [3.63, 3.8) is 0 Å². The molecule has 0 aromatic heterocycles. The third kappa shape index (κ3) is 3.56. The number of sulfonamides is 1. The van der Waals surface area contributed by atoms with Gasteiger partial charge < -0.3 is 5.11 Å². The van der Waals surface area contributed by atoms with Crippen LogP contribution in [-0.4, -0.2) is 41.0 Å². The molecule has 116 valence electrons. The molecule has 1 aromatic carbocycles. The van der Waals surface area contributed by atoms with E-state index in [1.165, 1.54) is 32.2 Å². The molecule has 0 aliphatic heterocycles. The van der Waals surface area contributed by atoms with Gasteiger partial charge in [0.15, 0.2) is 5.25 Å². The molecular formula is C12H16N2O6S. The van der Waals surface area contributed by atoms with Crippen LogP contribution in [0.2, 0.25) is 0 Å². The van der Waals surface area contributed by atoms with Gasteiger partial charge in [-0.3, -0.25) is 14.9 Å². The van der Waals surface area contributed by atoms with Crippen LogP contribution in [0.1, 0.15) is 25.5 Å². The van der Waals surface area contributed by atoms with Crippen LogP contribution in [-0.2, 0) is 14.8 Å². The molecule has 1 aromatic rings. The lowest BCUT2D eigenvalue weighted by Gasteiger charge is -2.26.